The van der Waals surface area contributed by atoms with Gasteiger partial charge in [-0.2, -0.15) is 0 Å². The molecule has 0 spiro atoms. The smallest absolute Gasteiger partial charge is 0.350 e. The van der Waals surface area contributed by atoms with Crippen LogP contribution in [0.1, 0.15) is 6.92 Å². The lowest BCUT2D eigenvalue weighted by Crippen LogP contribution is -2.30. The zero-order valence-corrected chi connectivity index (χ0v) is 9.24. The molecule has 0 bridgehead atoms. The van der Waals surface area contributed by atoms with Crippen LogP contribution in [0.4, 0.5) is 5.69 Å². The molecule has 0 fully saturated rings. The van der Waals surface area contributed by atoms with Gasteiger partial charge in [0.2, 0.25) is 0 Å². The number of carbonyl (C=O) groups is 1. The number of aromatic nitrogens is 2. The van der Waals surface area contributed by atoms with Crippen LogP contribution in [-0.4, -0.2) is 25.6 Å². The number of allylic oxidation sites excluding steroid dienone is 1. The second-order valence-electron chi connectivity index (χ2n) is 3.38. The maximum absolute atomic E-state index is 11.3. The Balaban J connectivity index is 3.19. The molecule has 0 aliphatic heterocycles. The summed E-state index contributed by atoms with van der Waals surface area (Å²) in [5, 5.41) is 19.1. The molecule has 96 valence electrons. The van der Waals surface area contributed by atoms with Crippen LogP contribution in [0, 0.1) is 10.1 Å². The Kier molecular flexibility index (Phi) is 3.77. The van der Waals surface area contributed by atoms with Crippen molar-refractivity contribution in [1.29, 1.82) is 0 Å². The van der Waals surface area contributed by atoms with Crippen LogP contribution >= 0.6 is 0 Å². The van der Waals surface area contributed by atoms with Crippen molar-refractivity contribution < 1.29 is 14.8 Å². The summed E-state index contributed by atoms with van der Waals surface area (Å²) in [6.45, 7) is 1.13. The van der Waals surface area contributed by atoms with E-state index in [2.05, 4.69) is 0 Å². The molecule has 0 amide bonds. The molecular formula is C9H9N3O6. The van der Waals surface area contributed by atoms with Crippen LogP contribution in [0.3, 0.4) is 0 Å². The number of aromatic amines is 1. The van der Waals surface area contributed by atoms with Crippen LogP contribution in [0.25, 0.3) is 0 Å². The summed E-state index contributed by atoms with van der Waals surface area (Å²) >= 11 is 0. The highest BCUT2D eigenvalue weighted by atomic mass is 16.6. The molecule has 0 aromatic carbocycles. The summed E-state index contributed by atoms with van der Waals surface area (Å²) in [6.07, 6.45) is 1.97. The quantitative estimate of drug-likeness (QED) is 0.422. The third-order valence-electron chi connectivity index (χ3n) is 2.12. The molecule has 1 heterocycles. The molecule has 2 N–H and O–H groups in total. The number of aliphatic carboxylic acids is 1. The molecule has 0 unspecified atom stereocenters. The molecule has 1 aromatic heterocycles. The highest BCUT2D eigenvalue weighted by Gasteiger charge is 2.14. The molecular weight excluding hydrogens is 246 g/mol. The maximum atomic E-state index is 11.3. The zero-order valence-electron chi connectivity index (χ0n) is 9.24. The van der Waals surface area contributed by atoms with Gasteiger partial charge < -0.3 is 5.11 Å². The van der Waals surface area contributed by atoms with E-state index in [-0.39, 0.29) is 12.1 Å². The largest absolute Gasteiger partial charge is 0.478 e. The lowest BCUT2D eigenvalue weighted by atomic mass is 10.3. The topological polar surface area (TPSA) is 135 Å². The summed E-state index contributed by atoms with van der Waals surface area (Å²) < 4.78 is 0.839. The number of H-pyrrole nitrogens is 1. The van der Waals surface area contributed by atoms with Crippen LogP contribution < -0.4 is 11.2 Å². The van der Waals surface area contributed by atoms with Gasteiger partial charge in [-0.15, -0.1) is 0 Å². The van der Waals surface area contributed by atoms with E-state index in [1.165, 1.54) is 13.0 Å². The Hall–Kier alpha value is -2.71. The molecule has 0 aliphatic carbocycles. The fraction of sp³-hybridized carbons (Fsp3) is 0.222. The van der Waals surface area contributed by atoms with Gasteiger partial charge in [-0.25, -0.2) is 9.59 Å². The number of carboxylic acids is 1. The average molecular weight is 255 g/mol. The molecule has 0 aliphatic rings. The van der Waals surface area contributed by atoms with Crippen molar-refractivity contribution in [3.05, 3.63) is 48.8 Å². The van der Waals surface area contributed by atoms with Gasteiger partial charge in [0.25, 0.3) is 0 Å². The highest BCUT2D eigenvalue weighted by molar-refractivity contribution is 5.85. The summed E-state index contributed by atoms with van der Waals surface area (Å²) in [6, 6.07) is 0. The predicted molar refractivity (Wildman–Crippen MR) is 59.4 cm³/mol. The van der Waals surface area contributed by atoms with Gasteiger partial charge in [-0.3, -0.25) is 24.5 Å². The Morgan fingerprint density at radius 1 is 1.61 bits per heavy atom. The first-order valence-electron chi connectivity index (χ1n) is 4.71. The Morgan fingerprint density at radius 2 is 2.22 bits per heavy atom. The first kappa shape index (κ1) is 13.4. The monoisotopic (exact) mass is 255 g/mol. The van der Waals surface area contributed by atoms with Crippen LogP contribution in [0.5, 0.6) is 0 Å². The van der Waals surface area contributed by atoms with Gasteiger partial charge in [0.1, 0.15) is 0 Å². The summed E-state index contributed by atoms with van der Waals surface area (Å²) in [7, 11) is 0. The Labute approximate surface area is 99.1 Å². The molecule has 0 saturated carbocycles. The van der Waals surface area contributed by atoms with Crippen molar-refractivity contribution in [3.63, 3.8) is 0 Å². The molecule has 9 nitrogen and oxygen atoms in total. The maximum Gasteiger partial charge on any atom is 0.350 e. The van der Waals surface area contributed by atoms with Gasteiger partial charge in [-0.05, 0) is 6.92 Å². The second kappa shape index (κ2) is 5.08. The number of hydrogen-bond donors (Lipinski definition) is 2. The van der Waals surface area contributed by atoms with E-state index >= 15 is 0 Å². The van der Waals surface area contributed by atoms with Crippen molar-refractivity contribution in [2.75, 3.05) is 0 Å². The number of nitro groups is 1. The fourth-order valence-corrected chi connectivity index (χ4v) is 1.09. The Morgan fingerprint density at radius 3 is 2.72 bits per heavy atom. The van der Waals surface area contributed by atoms with Crippen molar-refractivity contribution in [2.45, 2.75) is 13.5 Å². The van der Waals surface area contributed by atoms with Gasteiger partial charge in [0, 0.05) is 12.1 Å². The SMILES string of the molecule is CC(=CCn1cc([N+](=O)[O-])c(=O)[nH]c1=O)C(=O)O. The van der Waals surface area contributed by atoms with Crippen LogP contribution in [0.15, 0.2) is 27.4 Å². The van der Waals surface area contributed by atoms with Gasteiger partial charge in [0.05, 0.1) is 11.1 Å². The number of rotatable bonds is 4. The minimum absolute atomic E-state index is 0.0178. The molecule has 18 heavy (non-hydrogen) atoms. The van der Waals surface area contributed by atoms with Gasteiger partial charge in [0.15, 0.2) is 0 Å². The Bertz CT molecular complexity index is 638. The van der Waals surface area contributed by atoms with Gasteiger partial charge in [-0.1, -0.05) is 6.08 Å². The second-order valence-corrected chi connectivity index (χ2v) is 3.38. The molecule has 0 radical (unpaired) electrons. The lowest BCUT2D eigenvalue weighted by Gasteiger charge is -2.01. The van der Waals surface area contributed by atoms with Crippen molar-refractivity contribution in [2.24, 2.45) is 0 Å². The zero-order chi connectivity index (χ0) is 13.9. The average Bonchev–Trinajstić information content (AvgIpc) is 2.26. The number of hydrogen-bond acceptors (Lipinski definition) is 5. The molecule has 1 rings (SSSR count). The lowest BCUT2D eigenvalue weighted by molar-refractivity contribution is -0.386. The minimum atomic E-state index is -1.16. The van der Waals surface area contributed by atoms with Crippen molar-refractivity contribution >= 4 is 11.7 Å². The number of carboxylic acid groups (broad SMARTS) is 1. The minimum Gasteiger partial charge on any atom is -0.478 e. The van der Waals surface area contributed by atoms with E-state index in [0.717, 1.165) is 10.8 Å². The van der Waals surface area contributed by atoms with E-state index in [1.54, 1.807) is 4.98 Å². The number of nitrogens with zero attached hydrogens (tertiary/aromatic N) is 2. The van der Waals surface area contributed by atoms with E-state index in [9.17, 15) is 24.5 Å². The first-order valence-corrected chi connectivity index (χ1v) is 4.71. The standard InChI is InChI=1S/C9H9N3O6/c1-5(8(14)15)2-3-11-4-6(12(17)18)7(13)10-9(11)16/h2,4H,3H2,1H3,(H,14,15)(H,10,13,16). The first-order chi connectivity index (χ1) is 8.32. The summed E-state index contributed by atoms with van der Waals surface area (Å²) in [4.78, 5) is 44.2. The molecule has 9 heteroatoms. The number of nitrogens with one attached hydrogen (secondary N) is 1. The van der Waals surface area contributed by atoms with E-state index in [1.807, 2.05) is 0 Å². The van der Waals surface area contributed by atoms with E-state index in [0.29, 0.717) is 0 Å². The predicted octanol–water partition coefficient (Wildman–Crippen LogP) is -0.524. The van der Waals surface area contributed by atoms with Crippen LogP contribution in [0.2, 0.25) is 0 Å². The highest BCUT2D eigenvalue weighted by Crippen LogP contribution is 2.00. The third-order valence-corrected chi connectivity index (χ3v) is 2.12. The molecule has 0 saturated heterocycles. The van der Waals surface area contributed by atoms with Crippen molar-refractivity contribution in [3.8, 4) is 0 Å². The van der Waals surface area contributed by atoms with E-state index < -0.39 is 27.8 Å². The van der Waals surface area contributed by atoms with Crippen molar-refractivity contribution in [1.82, 2.24) is 9.55 Å². The fourth-order valence-electron chi connectivity index (χ4n) is 1.09. The molecule has 1 aromatic rings. The molecule has 0 atom stereocenters. The summed E-state index contributed by atoms with van der Waals surface area (Å²) in [5.74, 6) is -1.16. The summed E-state index contributed by atoms with van der Waals surface area (Å²) in [5.41, 5.74) is -2.74. The van der Waals surface area contributed by atoms with E-state index in [4.69, 9.17) is 5.11 Å². The van der Waals surface area contributed by atoms with Crippen LogP contribution in [-0.2, 0) is 11.3 Å². The normalized spacial score (nSPS) is 11.3. The van der Waals surface area contributed by atoms with Gasteiger partial charge >= 0.3 is 22.9 Å². The third kappa shape index (κ3) is 2.90.